The first-order valence-corrected chi connectivity index (χ1v) is 15.9. The van der Waals surface area contributed by atoms with E-state index in [0.29, 0.717) is 35.2 Å². The molecule has 3 rings (SSSR count). The van der Waals surface area contributed by atoms with Gasteiger partial charge >= 0.3 is 0 Å². The van der Waals surface area contributed by atoms with Crippen LogP contribution >= 0.6 is 23.4 Å². The largest absolute Gasteiger partial charge is 0.494 e. The highest BCUT2D eigenvalue weighted by Gasteiger charge is 2.32. The zero-order valence-electron chi connectivity index (χ0n) is 23.0. The molecule has 0 radical (unpaired) electrons. The number of sulfonamides is 1. The van der Waals surface area contributed by atoms with Gasteiger partial charge in [-0.05, 0) is 93.3 Å². The van der Waals surface area contributed by atoms with Crippen LogP contribution in [-0.4, -0.2) is 57.1 Å². The number of ether oxygens (including phenoxy) is 1. The van der Waals surface area contributed by atoms with E-state index < -0.39 is 28.5 Å². The molecule has 0 spiro atoms. The number of benzene rings is 3. The van der Waals surface area contributed by atoms with Crippen molar-refractivity contribution in [3.05, 3.63) is 83.4 Å². The third-order valence-corrected chi connectivity index (χ3v) is 8.89. The molecule has 0 bridgehead atoms. The molecule has 0 heterocycles. The minimum atomic E-state index is -4.15. The van der Waals surface area contributed by atoms with Gasteiger partial charge in [-0.25, -0.2) is 8.42 Å². The first-order valence-electron chi connectivity index (χ1n) is 12.8. The molecule has 1 unspecified atom stereocenters. The molecule has 11 heteroatoms. The number of nitrogens with one attached hydrogen (secondary N) is 1. The van der Waals surface area contributed by atoms with E-state index in [1.54, 1.807) is 74.5 Å². The number of hydrogen-bond acceptors (Lipinski definition) is 6. The van der Waals surface area contributed by atoms with Crippen molar-refractivity contribution >= 4 is 50.9 Å². The Balaban J connectivity index is 2.03. The molecule has 0 aromatic heterocycles. The van der Waals surface area contributed by atoms with E-state index in [4.69, 9.17) is 16.3 Å². The summed E-state index contributed by atoms with van der Waals surface area (Å²) < 4.78 is 34.4. The van der Waals surface area contributed by atoms with Gasteiger partial charge in [0, 0.05) is 23.0 Å². The molecular weight excluding hydrogens is 570 g/mol. The van der Waals surface area contributed by atoms with Crippen LogP contribution in [-0.2, 0) is 26.2 Å². The maximum absolute atomic E-state index is 13.9. The topological polar surface area (TPSA) is 96.0 Å². The molecule has 0 aliphatic heterocycles. The average molecular weight is 604 g/mol. The van der Waals surface area contributed by atoms with Crippen LogP contribution in [0, 0.1) is 0 Å². The van der Waals surface area contributed by atoms with Crippen molar-refractivity contribution in [1.82, 2.24) is 10.2 Å². The number of amides is 2. The van der Waals surface area contributed by atoms with E-state index >= 15 is 0 Å². The average Bonchev–Trinajstić information content (AvgIpc) is 2.95. The van der Waals surface area contributed by atoms with Crippen LogP contribution in [0.25, 0.3) is 0 Å². The third kappa shape index (κ3) is 7.93. The number of hydrogen-bond donors (Lipinski definition) is 1. The fraction of sp³-hybridized carbons (Fsp3) is 0.310. The summed E-state index contributed by atoms with van der Waals surface area (Å²) >= 11 is 7.66. The molecule has 40 heavy (non-hydrogen) atoms. The summed E-state index contributed by atoms with van der Waals surface area (Å²) in [6, 6.07) is 19.1. The fourth-order valence-electron chi connectivity index (χ4n) is 4.02. The second-order valence-electron chi connectivity index (χ2n) is 8.84. The van der Waals surface area contributed by atoms with E-state index in [9.17, 15) is 18.0 Å². The molecule has 2 amide bonds. The molecule has 0 fully saturated rings. The Morgan fingerprint density at radius 3 is 2.27 bits per heavy atom. The maximum Gasteiger partial charge on any atom is 0.264 e. The molecule has 8 nitrogen and oxygen atoms in total. The predicted octanol–water partition coefficient (Wildman–Crippen LogP) is 5.21. The molecule has 0 saturated carbocycles. The summed E-state index contributed by atoms with van der Waals surface area (Å²) in [5.74, 6) is -0.315. The summed E-state index contributed by atoms with van der Waals surface area (Å²) in [7, 11) is -4.15. The third-order valence-electron chi connectivity index (χ3n) is 6.12. The van der Waals surface area contributed by atoms with E-state index in [1.807, 2.05) is 13.2 Å². The highest BCUT2D eigenvalue weighted by Crippen LogP contribution is 2.28. The van der Waals surface area contributed by atoms with Gasteiger partial charge in [-0.15, -0.1) is 11.8 Å². The highest BCUT2D eigenvalue weighted by molar-refractivity contribution is 7.98. The minimum Gasteiger partial charge on any atom is -0.494 e. The lowest BCUT2D eigenvalue weighted by atomic mass is 10.1. The summed E-state index contributed by atoms with van der Waals surface area (Å²) in [5, 5.41) is 3.23. The summed E-state index contributed by atoms with van der Waals surface area (Å²) in [5.41, 5.74) is 0.999. The highest BCUT2D eigenvalue weighted by atomic mass is 35.5. The first-order chi connectivity index (χ1) is 19.1. The number of anilines is 1. The van der Waals surface area contributed by atoms with E-state index in [0.717, 1.165) is 9.20 Å². The van der Waals surface area contributed by atoms with Crippen LogP contribution in [0.4, 0.5) is 5.69 Å². The van der Waals surface area contributed by atoms with Crippen molar-refractivity contribution in [2.75, 3.05) is 30.3 Å². The Kier molecular flexibility index (Phi) is 11.3. The number of nitrogens with zero attached hydrogens (tertiary/aromatic N) is 2. The second kappa shape index (κ2) is 14.4. The quantitative estimate of drug-likeness (QED) is 0.270. The van der Waals surface area contributed by atoms with Gasteiger partial charge in [0.15, 0.2) is 0 Å². The van der Waals surface area contributed by atoms with Crippen molar-refractivity contribution in [3.63, 3.8) is 0 Å². The maximum atomic E-state index is 13.9. The second-order valence-corrected chi connectivity index (χ2v) is 12.0. The standard InChI is InChI=1S/C29H34ClN3O5S2/c1-5-31-29(35)21(3)32(19-22-8-7-9-23(30)18-22)28(34)20-33(24-10-12-25(13-11-24)38-6-2)40(36,37)27-16-14-26(39-4)15-17-27/h7-18,21H,5-6,19-20H2,1-4H3,(H,31,35). The lowest BCUT2D eigenvalue weighted by Gasteiger charge is -2.32. The number of likely N-dealkylation sites (N-methyl/N-ethyl adjacent to an activating group) is 1. The van der Waals surface area contributed by atoms with Gasteiger partial charge in [-0.3, -0.25) is 13.9 Å². The molecule has 0 saturated heterocycles. The number of thioether (sulfide) groups is 1. The molecular formula is C29H34ClN3O5S2. The van der Waals surface area contributed by atoms with Gasteiger partial charge in [0.1, 0.15) is 18.3 Å². The van der Waals surface area contributed by atoms with E-state index in [-0.39, 0.29) is 17.3 Å². The molecule has 0 aliphatic carbocycles. The molecule has 0 aliphatic rings. The fourth-order valence-corrected chi connectivity index (χ4v) is 6.05. The van der Waals surface area contributed by atoms with Crippen molar-refractivity contribution in [3.8, 4) is 5.75 Å². The van der Waals surface area contributed by atoms with Gasteiger partial charge in [0.2, 0.25) is 11.8 Å². The van der Waals surface area contributed by atoms with Gasteiger partial charge in [0.25, 0.3) is 10.0 Å². The summed E-state index contributed by atoms with van der Waals surface area (Å²) in [6.45, 7) is 5.65. The van der Waals surface area contributed by atoms with Gasteiger partial charge < -0.3 is 15.0 Å². The van der Waals surface area contributed by atoms with E-state index in [2.05, 4.69) is 5.32 Å². The summed E-state index contributed by atoms with van der Waals surface area (Å²) in [6.07, 6.45) is 1.90. The minimum absolute atomic E-state index is 0.0464. The van der Waals surface area contributed by atoms with Crippen molar-refractivity contribution in [1.29, 1.82) is 0 Å². The number of halogens is 1. The Labute approximate surface area is 245 Å². The smallest absolute Gasteiger partial charge is 0.264 e. The lowest BCUT2D eigenvalue weighted by Crippen LogP contribution is -2.51. The number of carbonyl (C=O) groups is 2. The summed E-state index contributed by atoms with van der Waals surface area (Å²) in [4.78, 5) is 29.0. The van der Waals surface area contributed by atoms with Crippen molar-refractivity contribution in [2.45, 2.75) is 43.1 Å². The van der Waals surface area contributed by atoms with Gasteiger partial charge in [0.05, 0.1) is 17.2 Å². The van der Waals surface area contributed by atoms with Crippen LogP contribution in [0.3, 0.4) is 0 Å². The van der Waals surface area contributed by atoms with Crippen LogP contribution < -0.4 is 14.4 Å². The van der Waals surface area contributed by atoms with Crippen LogP contribution in [0.5, 0.6) is 5.75 Å². The predicted molar refractivity (Wildman–Crippen MR) is 161 cm³/mol. The van der Waals surface area contributed by atoms with Crippen LogP contribution in [0.2, 0.25) is 5.02 Å². The van der Waals surface area contributed by atoms with Crippen LogP contribution in [0.15, 0.2) is 82.6 Å². The van der Waals surface area contributed by atoms with Gasteiger partial charge in [-0.2, -0.15) is 0 Å². The monoisotopic (exact) mass is 603 g/mol. The number of rotatable bonds is 13. The zero-order chi connectivity index (χ0) is 29.3. The lowest BCUT2D eigenvalue weighted by molar-refractivity contribution is -0.139. The molecule has 214 valence electrons. The Morgan fingerprint density at radius 2 is 1.70 bits per heavy atom. The number of carbonyl (C=O) groups excluding carboxylic acids is 2. The molecule has 1 atom stereocenters. The van der Waals surface area contributed by atoms with Gasteiger partial charge in [-0.1, -0.05) is 23.7 Å². The van der Waals surface area contributed by atoms with Crippen LogP contribution in [0.1, 0.15) is 26.3 Å². The van der Waals surface area contributed by atoms with Crippen molar-refractivity contribution < 1.29 is 22.7 Å². The molecule has 3 aromatic carbocycles. The SMILES string of the molecule is CCNC(=O)C(C)N(Cc1cccc(Cl)c1)C(=O)CN(c1ccc(OCC)cc1)S(=O)(=O)c1ccc(SC)cc1. The van der Waals surface area contributed by atoms with E-state index in [1.165, 1.54) is 28.8 Å². The van der Waals surface area contributed by atoms with Crippen molar-refractivity contribution in [2.24, 2.45) is 0 Å². The Bertz CT molecular complexity index is 1400. The molecule has 1 N–H and O–H groups in total. The molecule has 3 aromatic rings. The first kappa shape index (κ1) is 31.3. The Morgan fingerprint density at radius 1 is 1.02 bits per heavy atom. The normalized spacial score (nSPS) is 11.9. The Hall–Kier alpha value is -3.21. The zero-order valence-corrected chi connectivity index (χ0v) is 25.4.